The van der Waals surface area contributed by atoms with Gasteiger partial charge in [-0.25, -0.2) is 8.78 Å². The largest absolute Gasteiger partial charge is 0.356 e. The van der Waals surface area contributed by atoms with Gasteiger partial charge in [0.25, 0.3) is 0 Å². The molecular weight excluding hydrogens is 439 g/mol. The first-order valence-corrected chi connectivity index (χ1v) is 7.79. The van der Waals surface area contributed by atoms with E-state index in [9.17, 15) is 8.78 Å². The molecule has 0 atom stereocenters. The normalized spacial score (nSPS) is 11.2. The fourth-order valence-electron chi connectivity index (χ4n) is 2.55. The number of rotatable bonds is 5. The molecule has 0 radical (unpaired) electrons. The van der Waals surface area contributed by atoms with Crippen molar-refractivity contribution in [3.8, 4) is 0 Å². The average molecular weight is 463 g/mol. The number of guanidine groups is 1. The summed E-state index contributed by atoms with van der Waals surface area (Å²) in [6.45, 7) is 5.12. The number of hydrogen-bond donors (Lipinski definition) is 2. The molecule has 5 nitrogen and oxygen atoms in total. The van der Waals surface area contributed by atoms with Crippen molar-refractivity contribution in [2.45, 2.75) is 26.8 Å². The van der Waals surface area contributed by atoms with Crippen LogP contribution in [0.2, 0.25) is 0 Å². The van der Waals surface area contributed by atoms with Crippen LogP contribution in [-0.2, 0) is 20.0 Å². The van der Waals surface area contributed by atoms with E-state index in [0.29, 0.717) is 31.0 Å². The van der Waals surface area contributed by atoms with Crippen molar-refractivity contribution in [1.82, 2.24) is 20.4 Å². The zero-order valence-electron chi connectivity index (χ0n) is 14.9. The van der Waals surface area contributed by atoms with Crippen molar-refractivity contribution in [2.24, 2.45) is 12.0 Å². The van der Waals surface area contributed by atoms with Crippen LogP contribution in [0, 0.1) is 25.5 Å². The van der Waals surface area contributed by atoms with Gasteiger partial charge in [-0.15, -0.1) is 24.0 Å². The summed E-state index contributed by atoms with van der Waals surface area (Å²) < 4.78 is 28.2. The average Bonchev–Trinajstić information content (AvgIpc) is 2.75. The van der Waals surface area contributed by atoms with Crippen LogP contribution < -0.4 is 10.6 Å². The lowest BCUT2D eigenvalue weighted by Gasteiger charge is -2.12. The molecule has 0 spiro atoms. The van der Waals surface area contributed by atoms with Crippen LogP contribution >= 0.6 is 24.0 Å². The van der Waals surface area contributed by atoms with Crippen LogP contribution in [-0.4, -0.2) is 29.3 Å². The van der Waals surface area contributed by atoms with Crippen LogP contribution in [0.15, 0.2) is 23.2 Å². The molecular formula is C17H24F2IN5. The molecule has 0 saturated carbocycles. The zero-order valence-corrected chi connectivity index (χ0v) is 17.2. The van der Waals surface area contributed by atoms with E-state index < -0.39 is 11.6 Å². The molecule has 0 amide bonds. The Hall–Kier alpha value is -1.71. The molecule has 0 saturated heterocycles. The van der Waals surface area contributed by atoms with E-state index >= 15 is 0 Å². The maximum absolute atomic E-state index is 13.2. The number of nitrogens with zero attached hydrogens (tertiary/aromatic N) is 3. The third-order valence-electron chi connectivity index (χ3n) is 3.94. The Morgan fingerprint density at radius 1 is 1.16 bits per heavy atom. The molecule has 0 bridgehead atoms. The van der Waals surface area contributed by atoms with Gasteiger partial charge in [-0.3, -0.25) is 9.67 Å². The Bertz CT molecular complexity index is 723. The summed E-state index contributed by atoms with van der Waals surface area (Å²) in [6, 6.07) is 3.54. The molecule has 0 aliphatic rings. The molecule has 8 heteroatoms. The highest BCUT2D eigenvalue weighted by atomic mass is 127. The summed E-state index contributed by atoms with van der Waals surface area (Å²) in [5, 5.41) is 10.7. The zero-order chi connectivity index (χ0) is 17.7. The summed E-state index contributed by atoms with van der Waals surface area (Å²) in [6.07, 6.45) is 0.500. The minimum Gasteiger partial charge on any atom is -0.356 e. The Balaban J connectivity index is 0.00000312. The molecule has 2 aromatic rings. The summed E-state index contributed by atoms with van der Waals surface area (Å²) in [7, 11) is 3.59. The smallest absolute Gasteiger partial charge is 0.191 e. The van der Waals surface area contributed by atoms with Crippen LogP contribution in [0.4, 0.5) is 8.78 Å². The molecule has 2 N–H and O–H groups in total. The van der Waals surface area contributed by atoms with Crippen molar-refractivity contribution in [2.75, 3.05) is 13.6 Å². The molecule has 2 rings (SSSR count). The van der Waals surface area contributed by atoms with E-state index in [4.69, 9.17) is 0 Å². The van der Waals surface area contributed by atoms with Crippen molar-refractivity contribution in [1.29, 1.82) is 0 Å². The molecule has 1 aromatic carbocycles. The lowest BCUT2D eigenvalue weighted by atomic mass is 10.1. The molecule has 0 aliphatic heterocycles. The Morgan fingerprint density at radius 3 is 2.32 bits per heavy atom. The fourth-order valence-corrected chi connectivity index (χ4v) is 2.55. The highest BCUT2D eigenvalue weighted by Gasteiger charge is 2.09. The van der Waals surface area contributed by atoms with E-state index in [2.05, 4.69) is 20.7 Å². The lowest BCUT2D eigenvalue weighted by Crippen LogP contribution is -2.38. The van der Waals surface area contributed by atoms with Crippen molar-refractivity contribution in [3.05, 3.63) is 52.3 Å². The van der Waals surface area contributed by atoms with Crippen LogP contribution in [0.1, 0.15) is 22.5 Å². The predicted molar refractivity (Wildman–Crippen MR) is 106 cm³/mol. The highest BCUT2D eigenvalue weighted by molar-refractivity contribution is 14.0. The number of benzene rings is 1. The minimum atomic E-state index is -0.560. The monoisotopic (exact) mass is 463 g/mol. The molecule has 25 heavy (non-hydrogen) atoms. The predicted octanol–water partition coefficient (Wildman–Crippen LogP) is 2.84. The number of aromatic nitrogens is 2. The Labute approximate surface area is 163 Å². The summed E-state index contributed by atoms with van der Waals surface area (Å²) in [4.78, 5) is 4.15. The quantitative estimate of drug-likeness (QED) is 0.408. The second-order valence-electron chi connectivity index (χ2n) is 5.65. The lowest BCUT2D eigenvalue weighted by molar-refractivity contribution is 0.579. The molecule has 1 heterocycles. The Kier molecular flexibility index (Phi) is 8.27. The van der Waals surface area contributed by atoms with Crippen molar-refractivity contribution < 1.29 is 8.78 Å². The highest BCUT2D eigenvalue weighted by Crippen LogP contribution is 2.11. The van der Waals surface area contributed by atoms with Gasteiger partial charge in [0.2, 0.25) is 0 Å². The standard InChI is InChI=1S/C17H23F2N5.HI/c1-11-16(12(2)24(4)23-11)10-22-17(20-3)21-6-5-13-7-14(18)9-15(19)8-13;/h7-9H,5-6,10H2,1-4H3,(H2,20,21,22);1H. The number of halogens is 3. The minimum absolute atomic E-state index is 0. The van der Waals surface area contributed by atoms with E-state index in [1.807, 2.05) is 25.6 Å². The molecule has 1 aromatic heterocycles. The maximum atomic E-state index is 13.2. The van der Waals surface area contributed by atoms with Gasteiger partial charge >= 0.3 is 0 Å². The van der Waals surface area contributed by atoms with Gasteiger partial charge in [0.05, 0.1) is 5.69 Å². The first kappa shape index (κ1) is 21.3. The van der Waals surface area contributed by atoms with Crippen LogP contribution in [0.3, 0.4) is 0 Å². The second kappa shape index (κ2) is 9.69. The van der Waals surface area contributed by atoms with Gasteiger partial charge in [0.1, 0.15) is 11.6 Å². The third kappa shape index (κ3) is 5.94. The van der Waals surface area contributed by atoms with Crippen LogP contribution in [0.5, 0.6) is 0 Å². The van der Waals surface area contributed by atoms with Gasteiger partial charge in [-0.2, -0.15) is 5.10 Å². The second-order valence-corrected chi connectivity index (χ2v) is 5.65. The number of aliphatic imine (C=N–C) groups is 1. The van der Waals surface area contributed by atoms with E-state index in [-0.39, 0.29) is 24.0 Å². The molecule has 0 fully saturated rings. The SMILES string of the molecule is CN=C(NCCc1cc(F)cc(F)c1)NCc1c(C)nn(C)c1C.I. The maximum Gasteiger partial charge on any atom is 0.191 e. The molecule has 0 unspecified atom stereocenters. The summed E-state index contributed by atoms with van der Waals surface area (Å²) in [5.41, 5.74) is 3.82. The number of aryl methyl sites for hydroxylation is 2. The van der Waals surface area contributed by atoms with Gasteiger partial charge in [-0.1, -0.05) is 0 Å². The topological polar surface area (TPSA) is 54.2 Å². The van der Waals surface area contributed by atoms with Crippen LogP contribution in [0.25, 0.3) is 0 Å². The van der Waals surface area contributed by atoms with Gasteiger partial charge in [0.15, 0.2) is 5.96 Å². The van der Waals surface area contributed by atoms with Crippen molar-refractivity contribution in [3.63, 3.8) is 0 Å². The Morgan fingerprint density at radius 2 is 1.80 bits per heavy atom. The van der Waals surface area contributed by atoms with Gasteiger partial charge in [0, 0.05) is 44.5 Å². The number of hydrogen-bond acceptors (Lipinski definition) is 2. The van der Waals surface area contributed by atoms with E-state index in [1.165, 1.54) is 12.1 Å². The number of nitrogens with one attached hydrogen (secondary N) is 2. The van der Waals surface area contributed by atoms with Gasteiger partial charge < -0.3 is 10.6 Å². The summed E-state index contributed by atoms with van der Waals surface area (Å²) >= 11 is 0. The molecule has 0 aliphatic carbocycles. The molecule has 138 valence electrons. The summed E-state index contributed by atoms with van der Waals surface area (Å²) in [5.74, 6) is -0.486. The van der Waals surface area contributed by atoms with Crippen molar-refractivity contribution >= 4 is 29.9 Å². The first-order chi connectivity index (χ1) is 11.4. The fraction of sp³-hybridized carbons (Fsp3) is 0.412. The third-order valence-corrected chi connectivity index (χ3v) is 3.94. The van der Waals surface area contributed by atoms with Gasteiger partial charge in [-0.05, 0) is 38.0 Å². The van der Waals surface area contributed by atoms with E-state index in [1.54, 1.807) is 7.05 Å². The van der Waals surface area contributed by atoms with E-state index in [0.717, 1.165) is 23.0 Å². The first-order valence-electron chi connectivity index (χ1n) is 7.79.